The Bertz CT molecular complexity index is 975. The number of hydrogen-bond donors (Lipinski definition) is 0. The third-order valence-corrected chi connectivity index (χ3v) is 5.37. The molecule has 0 aliphatic heterocycles. The molecule has 168 valence electrons. The highest BCUT2D eigenvalue weighted by Gasteiger charge is 2.20. The van der Waals surface area contributed by atoms with Crippen LogP contribution in [0, 0.1) is 0 Å². The molecule has 3 aromatic carbocycles. The minimum Gasteiger partial charge on any atom is -0.493 e. The Kier molecular flexibility index (Phi) is 8.55. The van der Waals surface area contributed by atoms with E-state index in [1.54, 1.807) is 7.11 Å². The molecule has 1 amide bonds. The number of rotatable bonds is 11. The fraction of sp³-hybridized carbons (Fsp3) is 0.296. The highest BCUT2D eigenvalue weighted by molar-refractivity contribution is 5.78. The Morgan fingerprint density at radius 2 is 1.56 bits per heavy atom. The molecule has 0 radical (unpaired) electrons. The van der Waals surface area contributed by atoms with Crippen molar-refractivity contribution in [1.82, 2.24) is 4.90 Å². The van der Waals surface area contributed by atoms with Crippen LogP contribution in [0.2, 0.25) is 0 Å². The molecule has 0 aliphatic rings. The quantitative estimate of drug-likeness (QED) is 0.402. The van der Waals surface area contributed by atoms with E-state index in [-0.39, 0.29) is 18.6 Å². The number of ether oxygens (including phenoxy) is 3. The standard InChI is InChI=1S/C27H31NO4/c1-4-21(2)28(27(29)20-31-24-13-9-6-10-14-24)18-23-15-16-25(30-3)26(17-23)32-19-22-11-7-5-8-12-22/h5-17,21H,4,18-20H2,1-3H3. The lowest BCUT2D eigenvalue weighted by atomic mass is 10.1. The van der Waals surface area contributed by atoms with Gasteiger partial charge in [0.1, 0.15) is 12.4 Å². The Balaban J connectivity index is 1.71. The molecule has 1 unspecified atom stereocenters. The largest absolute Gasteiger partial charge is 0.493 e. The molecule has 3 aromatic rings. The van der Waals surface area contributed by atoms with E-state index >= 15 is 0 Å². The van der Waals surface area contributed by atoms with Gasteiger partial charge in [0.15, 0.2) is 18.1 Å². The maximum atomic E-state index is 13.0. The lowest BCUT2D eigenvalue weighted by Crippen LogP contribution is -2.40. The first kappa shape index (κ1) is 23.2. The van der Waals surface area contributed by atoms with Crippen LogP contribution in [0.1, 0.15) is 31.4 Å². The SMILES string of the molecule is CCC(C)N(Cc1ccc(OC)c(OCc2ccccc2)c1)C(=O)COc1ccccc1. The number of benzene rings is 3. The fourth-order valence-electron chi connectivity index (χ4n) is 3.32. The predicted molar refractivity (Wildman–Crippen MR) is 126 cm³/mol. The smallest absolute Gasteiger partial charge is 0.261 e. The van der Waals surface area contributed by atoms with Crippen LogP contribution in [0.3, 0.4) is 0 Å². The third kappa shape index (κ3) is 6.51. The fourth-order valence-corrected chi connectivity index (χ4v) is 3.32. The van der Waals surface area contributed by atoms with Crippen molar-refractivity contribution in [1.29, 1.82) is 0 Å². The molecule has 0 heterocycles. The van der Waals surface area contributed by atoms with Crippen LogP contribution in [0.4, 0.5) is 0 Å². The Morgan fingerprint density at radius 1 is 0.875 bits per heavy atom. The summed E-state index contributed by atoms with van der Waals surface area (Å²) in [4.78, 5) is 14.8. The molecular weight excluding hydrogens is 402 g/mol. The van der Waals surface area contributed by atoms with E-state index in [0.29, 0.717) is 30.4 Å². The number of methoxy groups -OCH3 is 1. The minimum atomic E-state index is -0.0502. The van der Waals surface area contributed by atoms with Gasteiger partial charge in [0, 0.05) is 12.6 Å². The molecule has 0 bridgehead atoms. The summed E-state index contributed by atoms with van der Waals surface area (Å²) in [7, 11) is 1.63. The van der Waals surface area contributed by atoms with Gasteiger partial charge in [-0.1, -0.05) is 61.5 Å². The van der Waals surface area contributed by atoms with E-state index in [1.165, 1.54) is 0 Å². The minimum absolute atomic E-state index is 0.00186. The molecule has 0 aliphatic carbocycles. The van der Waals surface area contributed by atoms with Crippen LogP contribution in [0.5, 0.6) is 17.2 Å². The summed E-state index contributed by atoms with van der Waals surface area (Å²) in [5.74, 6) is 1.96. The van der Waals surface area contributed by atoms with Crippen molar-refractivity contribution in [3.8, 4) is 17.2 Å². The van der Waals surface area contributed by atoms with Crippen molar-refractivity contribution in [3.05, 3.63) is 90.0 Å². The van der Waals surface area contributed by atoms with Crippen molar-refractivity contribution < 1.29 is 19.0 Å². The predicted octanol–water partition coefficient (Wildman–Crippen LogP) is 5.48. The number of amides is 1. The molecule has 0 saturated carbocycles. The van der Waals surface area contributed by atoms with Crippen LogP contribution in [-0.4, -0.2) is 30.6 Å². The lowest BCUT2D eigenvalue weighted by Gasteiger charge is -2.29. The van der Waals surface area contributed by atoms with Gasteiger partial charge in [0.2, 0.25) is 0 Å². The van der Waals surface area contributed by atoms with Crippen molar-refractivity contribution >= 4 is 5.91 Å². The highest BCUT2D eigenvalue weighted by Crippen LogP contribution is 2.30. The van der Waals surface area contributed by atoms with Gasteiger partial charge in [-0.25, -0.2) is 0 Å². The second-order valence-electron chi connectivity index (χ2n) is 7.64. The lowest BCUT2D eigenvalue weighted by molar-refractivity contribution is -0.136. The maximum absolute atomic E-state index is 13.0. The van der Waals surface area contributed by atoms with E-state index in [4.69, 9.17) is 14.2 Å². The first-order valence-corrected chi connectivity index (χ1v) is 10.9. The van der Waals surface area contributed by atoms with Gasteiger partial charge in [-0.05, 0) is 48.7 Å². The number of para-hydroxylation sites is 1. The number of nitrogens with zero attached hydrogens (tertiary/aromatic N) is 1. The van der Waals surface area contributed by atoms with E-state index in [2.05, 4.69) is 13.8 Å². The summed E-state index contributed by atoms with van der Waals surface area (Å²) in [5.41, 5.74) is 2.05. The normalized spacial score (nSPS) is 11.5. The van der Waals surface area contributed by atoms with Gasteiger partial charge >= 0.3 is 0 Å². The molecular formula is C27H31NO4. The number of hydrogen-bond acceptors (Lipinski definition) is 4. The van der Waals surface area contributed by atoms with Crippen molar-refractivity contribution in [3.63, 3.8) is 0 Å². The monoisotopic (exact) mass is 433 g/mol. The van der Waals surface area contributed by atoms with Crippen molar-refractivity contribution in [2.24, 2.45) is 0 Å². The van der Waals surface area contributed by atoms with Crippen molar-refractivity contribution in [2.75, 3.05) is 13.7 Å². The van der Waals surface area contributed by atoms with Crippen LogP contribution in [-0.2, 0) is 17.9 Å². The topological polar surface area (TPSA) is 48.0 Å². The van der Waals surface area contributed by atoms with E-state index in [9.17, 15) is 4.79 Å². The van der Waals surface area contributed by atoms with Gasteiger partial charge < -0.3 is 19.1 Å². The zero-order valence-electron chi connectivity index (χ0n) is 19.0. The summed E-state index contributed by atoms with van der Waals surface area (Å²) in [5, 5.41) is 0. The summed E-state index contributed by atoms with van der Waals surface area (Å²) in [6.07, 6.45) is 0.852. The third-order valence-electron chi connectivity index (χ3n) is 5.37. The zero-order valence-corrected chi connectivity index (χ0v) is 19.0. The van der Waals surface area contributed by atoms with E-state index in [1.807, 2.05) is 83.8 Å². The van der Waals surface area contributed by atoms with Crippen molar-refractivity contribution in [2.45, 2.75) is 39.5 Å². The molecule has 0 N–H and O–H groups in total. The maximum Gasteiger partial charge on any atom is 0.261 e. The molecule has 0 spiro atoms. The van der Waals surface area contributed by atoms with E-state index in [0.717, 1.165) is 17.5 Å². The molecule has 3 rings (SSSR count). The average Bonchev–Trinajstić information content (AvgIpc) is 2.85. The van der Waals surface area contributed by atoms with E-state index < -0.39 is 0 Å². The molecule has 5 heteroatoms. The first-order chi connectivity index (χ1) is 15.6. The van der Waals surface area contributed by atoms with Crippen LogP contribution < -0.4 is 14.2 Å². The van der Waals surface area contributed by atoms with Gasteiger partial charge in [0.25, 0.3) is 5.91 Å². The molecule has 32 heavy (non-hydrogen) atoms. The molecule has 0 fully saturated rings. The van der Waals surface area contributed by atoms with Gasteiger partial charge in [0.05, 0.1) is 7.11 Å². The van der Waals surface area contributed by atoms with Crippen LogP contribution in [0.15, 0.2) is 78.9 Å². The summed E-state index contributed by atoms with van der Waals surface area (Å²) in [6, 6.07) is 25.3. The summed E-state index contributed by atoms with van der Waals surface area (Å²) < 4.78 is 17.2. The van der Waals surface area contributed by atoms with Gasteiger partial charge in [-0.15, -0.1) is 0 Å². The van der Waals surface area contributed by atoms with Gasteiger partial charge in [-0.3, -0.25) is 4.79 Å². The van der Waals surface area contributed by atoms with Gasteiger partial charge in [-0.2, -0.15) is 0 Å². The van der Waals surface area contributed by atoms with Crippen LogP contribution in [0.25, 0.3) is 0 Å². The van der Waals surface area contributed by atoms with Crippen LogP contribution >= 0.6 is 0 Å². The average molecular weight is 434 g/mol. The molecule has 5 nitrogen and oxygen atoms in total. The second-order valence-corrected chi connectivity index (χ2v) is 7.64. The Morgan fingerprint density at radius 3 is 2.22 bits per heavy atom. The highest BCUT2D eigenvalue weighted by atomic mass is 16.5. The second kappa shape index (κ2) is 11.8. The molecule has 1 atom stereocenters. The Hall–Kier alpha value is -3.47. The number of carbonyl (C=O) groups excluding carboxylic acids is 1. The number of carbonyl (C=O) groups is 1. The Labute approximate surface area is 190 Å². The zero-order chi connectivity index (χ0) is 22.8. The molecule has 0 aromatic heterocycles. The summed E-state index contributed by atoms with van der Waals surface area (Å²) >= 11 is 0. The first-order valence-electron chi connectivity index (χ1n) is 10.9. The molecule has 0 saturated heterocycles. The summed E-state index contributed by atoms with van der Waals surface area (Å²) in [6.45, 7) is 5.04.